The second-order valence-corrected chi connectivity index (χ2v) is 4.97. The monoisotopic (exact) mass is 301 g/mol. The minimum absolute atomic E-state index is 0.0934. The largest absolute Gasteiger partial charge is 0.383 e. The highest BCUT2D eigenvalue weighted by atomic mass is 79.9. The molecule has 0 atom stereocenters. The van der Waals surface area contributed by atoms with Crippen molar-refractivity contribution in [1.29, 1.82) is 0 Å². The molecule has 9 heteroatoms. The maximum absolute atomic E-state index is 12.4. The fourth-order valence-electron chi connectivity index (χ4n) is 0.885. The van der Waals surface area contributed by atoms with Crippen LogP contribution in [0.3, 0.4) is 0 Å². The van der Waals surface area contributed by atoms with Gasteiger partial charge in [-0.25, -0.2) is 27.3 Å². The van der Waals surface area contributed by atoms with Crippen molar-refractivity contribution in [1.82, 2.24) is 4.98 Å². The van der Waals surface area contributed by atoms with Gasteiger partial charge >= 0.3 is 0 Å². The van der Waals surface area contributed by atoms with Gasteiger partial charge in [-0.05, 0) is 22.0 Å². The maximum atomic E-state index is 12.4. The molecular formula is C6H6BrF2N3O2S. The van der Waals surface area contributed by atoms with E-state index in [2.05, 4.69) is 20.9 Å². The first-order valence-electron chi connectivity index (χ1n) is 3.50. The molecule has 5 nitrogen and oxygen atoms in total. The van der Waals surface area contributed by atoms with Gasteiger partial charge in [0.1, 0.15) is 16.4 Å². The van der Waals surface area contributed by atoms with Gasteiger partial charge in [-0.2, -0.15) is 0 Å². The summed E-state index contributed by atoms with van der Waals surface area (Å²) in [7, 11) is -4.25. The zero-order valence-electron chi connectivity index (χ0n) is 7.12. The molecule has 0 amide bonds. The van der Waals surface area contributed by atoms with Gasteiger partial charge in [-0.3, -0.25) is 0 Å². The number of anilines is 1. The lowest BCUT2D eigenvalue weighted by Crippen LogP contribution is -2.16. The molecule has 0 unspecified atom stereocenters. The van der Waals surface area contributed by atoms with Crippen LogP contribution in [0.1, 0.15) is 12.1 Å². The summed E-state index contributed by atoms with van der Waals surface area (Å²) in [6.45, 7) is 0. The Morgan fingerprint density at radius 3 is 2.40 bits per heavy atom. The van der Waals surface area contributed by atoms with Crippen LogP contribution in [0.4, 0.5) is 14.6 Å². The van der Waals surface area contributed by atoms with Crippen LogP contribution in [-0.4, -0.2) is 13.4 Å². The van der Waals surface area contributed by atoms with Crippen molar-refractivity contribution in [3.63, 3.8) is 0 Å². The van der Waals surface area contributed by atoms with Gasteiger partial charge < -0.3 is 5.73 Å². The van der Waals surface area contributed by atoms with Gasteiger partial charge in [0, 0.05) is 0 Å². The number of alkyl halides is 2. The smallest absolute Gasteiger partial charge is 0.281 e. The first-order chi connectivity index (χ1) is 6.73. The van der Waals surface area contributed by atoms with Gasteiger partial charge in [-0.15, -0.1) is 0 Å². The molecule has 1 aromatic heterocycles. The number of hydrogen-bond acceptors (Lipinski definition) is 4. The van der Waals surface area contributed by atoms with Crippen LogP contribution in [0.5, 0.6) is 0 Å². The van der Waals surface area contributed by atoms with Crippen LogP contribution in [0.2, 0.25) is 0 Å². The average Bonchev–Trinajstić information content (AvgIpc) is 2.06. The normalized spacial score (nSPS) is 12.1. The molecule has 84 valence electrons. The Morgan fingerprint density at radius 1 is 1.47 bits per heavy atom. The molecule has 1 rings (SSSR count). The van der Waals surface area contributed by atoms with E-state index in [-0.39, 0.29) is 10.3 Å². The van der Waals surface area contributed by atoms with E-state index in [0.29, 0.717) is 0 Å². The molecule has 0 aliphatic carbocycles. The molecule has 0 saturated heterocycles. The molecule has 0 aliphatic heterocycles. The molecule has 4 N–H and O–H groups in total. The highest BCUT2D eigenvalue weighted by Crippen LogP contribution is 2.29. The van der Waals surface area contributed by atoms with Crippen molar-refractivity contribution in [3.8, 4) is 0 Å². The van der Waals surface area contributed by atoms with Crippen LogP contribution in [0.15, 0.2) is 15.4 Å². The summed E-state index contributed by atoms with van der Waals surface area (Å²) in [6, 6.07) is 0.902. The number of aromatic nitrogens is 1. The number of rotatable bonds is 2. The highest BCUT2D eigenvalue weighted by molar-refractivity contribution is 9.10. The number of pyridine rings is 1. The van der Waals surface area contributed by atoms with Crippen molar-refractivity contribution in [2.45, 2.75) is 11.3 Å². The zero-order chi connectivity index (χ0) is 11.8. The molecule has 0 bridgehead atoms. The molecule has 1 aromatic rings. The van der Waals surface area contributed by atoms with Crippen molar-refractivity contribution < 1.29 is 17.2 Å². The summed E-state index contributed by atoms with van der Waals surface area (Å²) >= 11 is 2.87. The first kappa shape index (κ1) is 12.3. The maximum Gasteiger partial charge on any atom is 0.281 e. The molecular weight excluding hydrogens is 296 g/mol. The number of halogens is 3. The van der Waals surface area contributed by atoms with E-state index in [1.54, 1.807) is 0 Å². The number of sulfonamides is 1. The molecule has 0 saturated carbocycles. The molecule has 0 radical (unpaired) electrons. The first-order valence-corrected chi connectivity index (χ1v) is 5.84. The number of nitrogens with zero attached hydrogens (tertiary/aromatic N) is 1. The predicted octanol–water partition coefficient (Wildman–Crippen LogP) is 1.01. The average molecular weight is 302 g/mol. The fourth-order valence-corrected chi connectivity index (χ4v) is 2.06. The Kier molecular flexibility index (Phi) is 3.26. The van der Waals surface area contributed by atoms with E-state index in [9.17, 15) is 17.2 Å². The van der Waals surface area contributed by atoms with E-state index in [4.69, 9.17) is 10.9 Å². The Hall–Kier alpha value is -0.800. The van der Waals surface area contributed by atoms with E-state index in [1.165, 1.54) is 0 Å². The molecule has 0 fully saturated rings. The third-order valence-electron chi connectivity index (χ3n) is 1.51. The molecule has 0 aromatic carbocycles. The lowest BCUT2D eigenvalue weighted by molar-refractivity contribution is 0.142. The predicted molar refractivity (Wildman–Crippen MR) is 52.7 cm³/mol. The van der Waals surface area contributed by atoms with Crippen molar-refractivity contribution in [2.24, 2.45) is 5.14 Å². The lowest BCUT2D eigenvalue weighted by Gasteiger charge is -2.08. The standard InChI is InChI=1S/C6H6BrF2N3O2S/c7-2-1-3(15(11,13)14)4(5(8)9)12-6(2)10/h1,5H,(H2,10,12)(H2,11,13,14). The summed E-state index contributed by atoms with van der Waals surface area (Å²) in [5.74, 6) is -0.224. The van der Waals surface area contributed by atoms with Crippen LogP contribution >= 0.6 is 15.9 Å². The second kappa shape index (κ2) is 3.99. The minimum atomic E-state index is -4.25. The number of nitrogen functional groups attached to an aromatic ring is 1. The van der Waals surface area contributed by atoms with Crippen molar-refractivity contribution in [2.75, 3.05) is 5.73 Å². The Bertz CT molecular complexity index is 491. The molecule has 15 heavy (non-hydrogen) atoms. The number of hydrogen-bond donors (Lipinski definition) is 2. The third kappa shape index (κ3) is 2.61. The molecule has 1 heterocycles. The van der Waals surface area contributed by atoms with Crippen LogP contribution in [0, 0.1) is 0 Å². The van der Waals surface area contributed by atoms with Crippen LogP contribution < -0.4 is 10.9 Å². The quantitative estimate of drug-likeness (QED) is 0.851. The SMILES string of the molecule is Nc1nc(C(F)F)c(S(N)(=O)=O)cc1Br. The summed E-state index contributed by atoms with van der Waals surface area (Å²) in [4.78, 5) is 2.52. The second-order valence-electron chi connectivity index (χ2n) is 2.58. The Balaban J connectivity index is 3.56. The molecule has 0 aliphatic rings. The Morgan fingerprint density at radius 2 is 2.00 bits per heavy atom. The zero-order valence-corrected chi connectivity index (χ0v) is 9.52. The molecule has 0 spiro atoms. The fraction of sp³-hybridized carbons (Fsp3) is 0.167. The van der Waals surface area contributed by atoms with Gasteiger partial charge in [0.25, 0.3) is 6.43 Å². The van der Waals surface area contributed by atoms with E-state index < -0.39 is 27.0 Å². The van der Waals surface area contributed by atoms with Gasteiger partial charge in [-0.1, -0.05) is 0 Å². The lowest BCUT2D eigenvalue weighted by atomic mass is 10.3. The van der Waals surface area contributed by atoms with Gasteiger partial charge in [0.05, 0.1) is 4.47 Å². The summed E-state index contributed by atoms with van der Waals surface area (Å²) in [5.41, 5.74) is 4.30. The number of nitrogens with two attached hydrogens (primary N) is 2. The number of primary sulfonamides is 1. The summed E-state index contributed by atoms with van der Waals surface area (Å²) in [5, 5.41) is 4.75. The van der Waals surface area contributed by atoms with Crippen LogP contribution in [0.25, 0.3) is 0 Å². The third-order valence-corrected chi connectivity index (χ3v) is 3.08. The van der Waals surface area contributed by atoms with Gasteiger partial charge in [0.15, 0.2) is 0 Å². The van der Waals surface area contributed by atoms with E-state index >= 15 is 0 Å². The minimum Gasteiger partial charge on any atom is -0.383 e. The summed E-state index contributed by atoms with van der Waals surface area (Å²) in [6.07, 6.45) is -3.06. The summed E-state index contributed by atoms with van der Waals surface area (Å²) < 4.78 is 46.9. The van der Waals surface area contributed by atoms with Crippen LogP contribution in [-0.2, 0) is 10.0 Å². The van der Waals surface area contributed by atoms with Crippen molar-refractivity contribution in [3.05, 3.63) is 16.2 Å². The highest BCUT2D eigenvalue weighted by Gasteiger charge is 2.23. The van der Waals surface area contributed by atoms with E-state index in [1.807, 2.05) is 0 Å². The van der Waals surface area contributed by atoms with Gasteiger partial charge in [0.2, 0.25) is 10.0 Å². The Labute approximate surface area is 92.7 Å². The topological polar surface area (TPSA) is 99.1 Å². The van der Waals surface area contributed by atoms with Crippen molar-refractivity contribution >= 4 is 31.8 Å². The van der Waals surface area contributed by atoms with E-state index in [0.717, 1.165) is 6.07 Å².